The average molecular weight is 416 g/mol. The number of thiazole rings is 1. The fraction of sp³-hybridized carbons (Fsp3) is 0.500. The van der Waals surface area contributed by atoms with Crippen molar-refractivity contribution < 1.29 is 8.42 Å². The Bertz CT molecular complexity index is 794. The molecule has 144 valence electrons. The van der Waals surface area contributed by atoms with E-state index in [1.807, 2.05) is 13.8 Å². The minimum atomic E-state index is -3.43. The number of aryl methyl sites for hydroxylation is 2. The van der Waals surface area contributed by atoms with Gasteiger partial charge in [0.05, 0.1) is 17.2 Å². The van der Waals surface area contributed by atoms with Gasteiger partial charge in [0, 0.05) is 30.9 Å². The Morgan fingerprint density at radius 1 is 1.27 bits per heavy atom. The molecular formula is C16H25N5O2S3. The van der Waals surface area contributed by atoms with Crippen molar-refractivity contribution in [2.75, 3.05) is 26.2 Å². The first kappa shape index (κ1) is 20.8. The molecule has 2 heterocycles. The molecule has 7 nitrogen and oxygen atoms in total. The maximum Gasteiger partial charge on any atom is 0.250 e. The summed E-state index contributed by atoms with van der Waals surface area (Å²) in [7, 11) is -3.43. The second-order valence-electron chi connectivity index (χ2n) is 5.52. The molecule has 0 saturated heterocycles. The van der Waals surface area contributed by atoms with Gasteiger partial charge in [-0.05, 0) is 32.2 Å². The standard InChI is InChI=1S/C16H25N5O2S3/c1-4-17-16(18-8-7-14-21-12(2)13(3)25-14)19-9-10-20-26(22,23)15-6-5-11-24-15/h5-6,11,20H,4,7-10H2,1-3H3,(H2,17,18,19). The van der Waals surface area contributed by atoms with Crippen molar-refractivity contribution >= 4 is 38.7 Å². The normalized spacial score (nSPS) is 12.3. The molecule has 3 N–H and O–H groups in total. The zero-order valence-corrected chi connectivity index (χ0v) is 17.7. The van der Waals surface area contributed by atoms with Crippen molar-refractivity contribution in [2.45, 2.75) is 31.4 Å². The Balaban J connectivity index is 1.78. The van der Waals surface area contributed by atoms with Gasteiger partial charge in [-0.15, -0.1) is 22.7 Å². The van der Waals surface area contributed by atoms with Crippen LogP contribution in [0.15, 0.2) is 26.7 Å². The summed E-state index contributed by atoms with van der Waals surface area (Å²) < 4.78 is 27.0. The SMILES string of the molecule is CCNC(=NCCNS(=O)(=O)c1cccs1)NCCc1nc(C)c(C)s1. The Morgan fingerprint density at radius 3 is 2.69 bits per heavy atom. The predicted octanol–water partition coefficient (Wildman–Crippen LogP) is 1.90. The number of rotatable bonds is 9. The number of sulfonamides is 1. The summed E-state index contributed by atoms with van der Waals surface area (Å²) >= 11 is 2.91. The van der Waals surface area contributed by atoms with E-state index in [4.69, 9.17) is 0 Å². The van der Waals surface area contributed by atoms with Crippen LogP contribution < -0.4 is 15.4 Å². The van der Waals surface area contributed by atoms with Crippen LogP contribution in [0.25, 0.3) is 0 Å². The molecule has 2 aromatic rings. The molecule has 0 bridgehead atoms. The second-order valence-corrected chi connectivity index (χ2v) is 9.75. The molecule has 10 heteroatoms. The van der Waals surface area contributed by atoms with Crippen molar-refractivity contribution in [1.29, 1.82) is 0 Å². The van der Waals surface area contributed by atoms with Crippen LogP contribution in [0.1, 0.15) is 22.5 Å². The zero-order valence-electron chi connectivity index (χ0n) is 15.2. The van der Waals surface area contributed by atoms with E-state index in [-0.39, 0.29) is 6.54 Å². The topological polar surface area (TPSA) is 95.5 Å². The summed E-state index contributed by atoms with van der Waals surface area (Å²) in [6.07, 6.45) is 0.828. The van der Waals surface area contributed by atoms with E-state index in [1.54, 1.807) is 28.8 Å². The van der Waals surface area contributed by atoms with E-state index in [0.29, 0.717) is 16.7 Å². The number of nitrogens with one attached hydrogen (secondary N) is 3. The maximum atomic E-state index is 12.0. The minimum Gasteiger partial charge on any atom is -0.357 e. The molecule has 0 aliphatic heterocycles. The summed E-state index contributed by atoms with van der Waals surface area (Å²) in [5.74, 6) is 0.674. The van der Waals surface area contributed by atoms with Gasteiger partial charge >= 0.3 is 0 Å². The molecule has 2 aromatic heterocycles. The van der Waals surface area contributed by atoms with Crippen LogP contribution in [-0.4, -0.2) is 45.5 Å². The predicted molar refractivity (Wildman–Crippen MR) is 109 cm³/mol. The summed E-state index contributed by atoms with van der Waals surface area (Å²) in [5.41, 5.74) is 1.09. The molecule has 0 fully saturated rings. The Kier molecular flexibility index (Phi) is 8.01. The Morgan fingerprint density at radius 2 is 2.08 bits per heavy atom. The second kappa shape index (κ2) is 10.0. The van der Waals surface area contributed by atoms with Crippen molar-refractivity contribution in [3.05, 3.63) is 33.1 Å². The quantitative estimate of drug-likeness (QED) is 0.330. The van der Waals surface area contributed by atoms with Crippen LogP contribution >= 0.6 is 22.7 Å². The van der Waals surface area contributed by atoms with E-state index < -0.39 is 10.0 Å². The first-order valence-electron chi connectivity index (χ1n) is 8.40. The van der Waals surface area contributed by atoms with Crippen molar-refractivity contribution in [3.8, 4) is 0 Å². The van der Waals surface area contributed by atoms with Gasteiger partial charge in [0.2, 0.25) is 10.0 Å². The molecule has 0 amide bonds. The van der Waals surface area contributed by atoms with Gasteiger partial charge in [0.25, 0.3) is 0 Å². The van der Waals surface area contributed by atoms with Gasteiger partial charge in [-0.2, -0.15) is 0 Å². The number of guanidine groups is 1. The number of aromatic nitrogens is 1. The molecule has 0 spiro atoms. The number of thiophene rings is 1. The third-order valence-corrected chi connectivity index (χ3v) is 7.47. The molecule has 0 saturated carbocycles. The lowest BCUT2D eigenvalue weighted by atomic mass is 10.4. The van der Waals surface area contributed by atoms with Crippen LogP contribution in [0.4, 0.5) is 0 Å². The molecule has 0 aliphatic rings. The highest BCUT2D eigenvalue weighted by Crippen LogP contribution is 2.16. The minimum absolute atomic E-state index is 0.252. The van der Waals surface area contributed by atoms with E-state index in [0.717, 1.165) is 30.2 Å². The van der Waals surface area contributed by atoms with Crippen LogP contribution in [0.2, 0.25) is 0 Å². The Labute approximate surface area is 163 Å². The first-order valence-corrected chi connectivity index (χ1v) is 11.6. The van der Waals surface area contributed by atoms with E-state index in [9.17, 15) is 8.42 Å². The highest BCUT2D eigenvalue weighted by Gasteiger charge is 2.13. The molecule has 0 aromatic carbocycles. The maximum absolute atomic E-state index is 12.0. The monoisotopic (exact) mass is 415 g/mol. The van der Waals surface area contributed by atoms with Crippen molar-refractivity contribution in [1.82, 2.24) is 20.3 Å². The lowest BCUT2D eigenvalue weighted by Gasteiger charge is -2.10. The summed E-state index contributed by atoms with van der Waals surface area (Å²) in [6, 6.07) is 3.31. The molecule has 0 aliphatic carbocycles. The van der Waals surface area contributed by atoms with Crippen LogP contribution in [0.3, 0.4) is 0 Å². The third-order valence-electron chi connectivity index (χ3n) is 3.48. The number of nitrogens with zero attached hydrogens (tertiary/aromatic N) is 2. The smallest absolute Gasteiger partial charge is 0.250 e. The van der Waals surface area contributed by atoms with Gasteiger partial charge in [-0.3, -0.25) is 4.99 Å². The summed E-state index contributed by atoms with van der Waals surface area (Å²) in [5, 5.41) is 9.26. The number of hydrogen-bond donors (Lipinski definition) is 3. The van der Waals surface area contributed by atoms with Crippen LogP contribution in [-0.2, 0) is 16.4 Å². The first-order chi connectivity index (χ1) is 12.4. The van der Waals surface area contributed by atoms with Gasteiger partial charge in [0.1, 0.15) is 4.21 Å². The van der Waals surface area contributed by atoms with Gasteiger partial charge in [-0.25, -0.2) is 18.1 Å². The molecule has 0 atom stereocenters. The highest BCUT2D eigenvalue weighted by molar-refractivity contribution is 7.91. The molecular weight excluding hydrogens is 390 g/mol. The lowest BCUT2D eigenvalue weighted by Crippen LogP contribution is -2.39. The van der Waals surface area contributed by atoms with Crippen molar-refractivity contribution in [2.24, 2.45) is 4.99 Å². The molecule has 2 rings (SSSR count). The number of aliphatic imine (C=N–C) groups is 1. The summed E-state index contributed by atoms with van der Waals surface area (Å²) in [6.45, 7) is 8.15. The molecule has 0 radical (unpaired) electrons. The van der Waals surface area contributed by atoms with Gasteiger partial charge < -0.3 is 10.6 Å². The number of hydrogen-bond acceptors (Lipinski definition) is 6. The largest absolute Gasteiger partial charge is 0.357 e. The molecule has 26 heavy (non-hydrogen) atoms. The summed E-state index contributed by atoms with van der Waals surface area (Å²) in [4.78, 5) is 10.2. The fourth-order valence-corrected chi connectivity index (χ4v) is 5.10. The van der Waals surface area contributed by atoms with Crippen LogP contribution in [0.5, 0.6) is 0 Å². The molecule has 0 unspecified atom stereocenters. The van der Waals surface area contributed by atoms with E-state index in [1.165, 1.54) is 16.2 Å². The lowest BCUT2D eigenvalue weighted by molar-refractivity contribution is 0.584. The third kappa shape index (κ3) is 6.35. The fourth-order valence-electron chi connectivity index (χ4n) is 2.11. The Hall–Kier alpha value is -1.49. The zero-order chi connectivity index (χ0) is 19.0. The van der Waals surface area contributed by atoms with Gasteiger partial charge in [0.15, 0.2) is 5.96 Å². The van der Waals surface area contributed by atoms with E-state index in [2.05, 4.69) is 32.3 Å². The van der Waals surface area contributed by atoms with Crippen molar-refractivity contribution in [3.63, 3.8) is 0 Å². The highest BCUT2D eigenvalue weighted by atomic mass is 32.2. The van der Waals surface area contributed by atoms with E-state index >= 15 is 0 Å². The van der Waals surface area contributed by atoms with Crippen LogP contribution in [0, 0.1) is 13.8 Å². The average Bonchev–Trinajstić information content (AvgIpc) is 3.23. The van der Waals surface area contributed by atoms with Gasteiger partial charge in [-0.1, -0.05) is 6.07 Å².